The van der Waals surface area contributed by atoms with Gasteiger partial charge in [0.15, 0.2) is 0 Å². The van der Waals surface area contributed by atoms with Crippen molar-refractivity contribution < 1.29 is 9.59 Å². The average molecular weight is 234 g/mol. The maximum Gasteiger partial charge on any atom is 0.324 e. The predicted octanol–water partition coefficient (Wildman–Crippen LogP) is 0.0973. The molecule has 1 rings (SSSR count). The van der Waals surface area contributed by atoms with Gasteiger partial charge in [0.25, 0.3) is 0 Å². The second-order valence-electron chi connectivity index (χ2n) is 3.70. The molecule has 1 saturated heterocycles. The van der Waals surface area contributed by atoms with Crippen LogP contribution in [-0.4, -0.2) is 60.3 Å². The summed E-state index contributed by atoms with van der Waals surface area (Å²) >= 11 is 5.54. The van der Waals surface area contributed by atoms with Crippen molar-refractivity contribution in [3.05, 3.63) is 0 Å². The second-order valence-corrected chi connectivity index (χ2v) is 4.36. The maximum atomic E-state index is 11.5. The fraction of sp³-hybridized carbons (Fsp3) is 0.778. The zero-order valence-electron chi connectivity index (χ0n) is 8.99. The minimum absolute atomic E-state index is 0.347. The summed E-state index contributed by atoms with van der Waals surface area (Å²) in [7, 11) is 2.00. The number of urea groups is 1. The van der Waals surface area contributed by atoms with Gasteiger partial charge in [-0.25, -0.2) is 4.79 Å². The van der Waals surface area contributed by atoms with Crippen LogP contribution in [0, 0.1) is 0 Å². The number of carbonyl (C=O) groups excluding carboxylic acids is 2. The lowest BCUT2D eigenvalue weighted by Gasteiger charge is -2.32. The van der Waals surface area contributed by atoms with E-state index in [1.807, 2.05) is 7.05 Å². The molecule has 6 heteroatoms. The van der Waals surface area contributed by atoms with E-state index in [2.05, 4.69) is 10.2 Å². The molecule has 0 bridgehead atoms. The van der Waals surface area contributed by atoms with E-state index in [9.17, 15) is 9.59 Å². The molecule has 0 aromatic rings. The first-order valence-corrected chi connectivity index (χ1v) is 5.36. The van der Waals surface area contributed by atoms with Gasteiger partial charge in [0.05, 0.1) is 0 Å². The van der Waals surface area contributed by atoms with Gasteiger partial charge in [-0.3, -0.25) is 10.1 Å². The van der Waals surface area contributed by atoms with Crippen LogP contribution in [0.25, 0.3) is 0 Å². The first-order chi connectivity index (χ1) is 7.00. The van der Waals surface area contributed by atoms with Gasteiger partial charge in [0, 0.05) is 26.2 Å². The fourth-order valence-corrected chi connectivity index (χ4v) is 1.35. The minimum atomic E-state index is -0.679. The molecule has 1 N–H and O–H groups in total. The number of amides is 3. The highest BCUT2D eigenvalue weighted by atomic mass is 35.5. The van der Waals surface area contributed by atoms with Crippen LogP contribution in [0.3, 0.4) is 0 Å². The number of carbonyl (C=O) groups is 2. The van der Waals surface area contributed by atoms with Crippen molar-refractivity contribution in [2.75, 3.05) is 33.2 Å². The van der Waals surface area contributed by atoms with E-state index in [0.29, 0.717) is 13.1 Å². The van der Waals surface area contributed by atoms with Crippen molar-refractivity contribution >= 4 is 23.5 Å². The lowest BCUT2D eigenvalue weighted by Crippen LogP contribution is -2.52. The van der Waals surface area contributed by atoms with E-state index < -0.39 is 11.3 Å². The van der Waals surface area contributed by atoms with Crippen molar-refractivity contribution in [1.82, 2.24) is 15.1 Å². The van der Waals surface area contributed by atoms with Crippen molar-refractivity contribution in [1.29, 1.82) is 0 Å². The smallest absolute Gasteiger partial charge is 0.322 e. The maximum absolute atomic E-state index is 11.5. The van der Waals surface area contributed by atoms with E-state index >= 15 is 0 Å². The molecule has 5 nitrogen and oxygen atoms in total. The minimum Gasteiger partial charge on any atom is -0.322 e. The molecular weight excluding hydrogens is 218 g/mol. The summed E-state index contributed by atoms with van der Waals surface area (Å²) in [6, 6.07) is -0.347. The number of alkyl halides is 1. The highest BCUT2D eigenvalue weighted by molar-refractivity contribution is 6.31. The van der Waals surface area contributed by atoms with Crippen molar-refractivity contribution in [2.24, 2.45) is 0 Å². The normalized spacial score (nSPS) is 19.8. The van der Waals surface area contributed by atoms with Crippen LogP contribution in [0.5, 0.6) is 0 Å². The average Bonchev–Trinajstić information content (AvgIpc) is 2.18. The molecule has 1 unspecified atom stereocenters. The van der Waals surface area contributed by atoms with Crippen molar-refractivity contribution in [3.63, 3.8) is 0 Å². The SMILES string of the molecule is CC(Cl)C(=O)NC(=O)N1CCN(C)CC1. The summed E-state index contributed by atoms with van der Waals surface area (Å²) in [5.74, 6) is -0.444. The van der Waals surface area contributed by atoms with Gasteiger partial charge in [-0.15, -0.1) is 11.6 Å². The fourth-order valence-electron chi connectivity index (χ4n) is 1.29. The van der Waals surface area contributed by atoms with E-state index in [1.165, 1.54) is 6.92 Å². The Hall–Kier alpha value is -0.810. The van der Waals surface area contributed by atoms with Gasteiger partial charge < -0.3 is 9.80 Å². The van der Waals surface area contributed by atoms with Gasteiger partial charge in [-0.05, 0) is 14.0 Å². The zero-order chi connectivity index (χ0) is 11.4. The summed E-state index contributed by atoms with van der Waals surface area (Å²) in [6.07, 6.45) is 0. The van der Waals surface area contributed by atoms with Crippen LogP contribution in [-0.2, 0) is 4.79 Å². The third kappa shape index (κ3) is 3.68. The Morgan fingerprint density at radius 3 is 2.27 bits per heavy atom. The van der Waals surface area contributed by atoms with Crippen LogP contribution in [0.4, 0.5) is 4.79 Å². The predicted molar refractivity (Wildman–Crippen MR) is 57.9 cm³/mol. The molecule has 1 aliphatic heterocycles. The molecule has 0 saturated carbocycles. The summed E-state index contributed by atoms with van der Waals surface area (Å²) < 4.78 is 0. The van der Waals surface area contributed by atoms with Crippen LogP contribution in [0.2, 0.25) is 0 Å². The first-order valence-electron chi connectivity index (χ1n) is 4.93. The van der Waals surface area contributed by atoms with Crippen molar-refractivity contribution in [2.45, 2.75) is 12.3 Å². The molecule has 86 valence electrons. The molecule has 1 atom stereocenters. The summed E-state index contributed by atoms with van der Waals surface area (Å²) in [5, 5.41) is 1.58. The highest BCUT2D eigenvalue weighted by Gasteiger charge is 2.21. The number of nitrogens with one attached hydrogen (secondary N) is 1. The molecule has 1 fully saturated rings. The summed E-state index contributed by atoms with van der Waals surface area (Å²) in [5.41, 5.74) is 0. The molecule has 0 aromatic heterocycles. The van der Waals surface area contributed by atoms with Gasteiger partial charge in [-0.1, -0.05) is 0 Å². The topological polar surface area (TPSA) is 52.7 Å². The number of hydrogen-bond acceptors (Lipinski definition) is 3. The number of imide groups is 1. The van der Waals surface area contributed by atoms with Gasteiger partial charge in [-0.2, -0.15) is 0 Å². The number of nitrogens with zero attached hydrogens (tertiary/aromatic N) is 2. The van der Waals surface area contributed by atoms with E-state index in [0.717, 1.165) is 13.1 Å². The number of hydrogen-bond donors (Lipinski definition) is 1. The van der Waals surface area contributed by atoms with Crippen LogP contribution in [0.1, 0.15) is 6.92 Å². The molecule has 0 radical (unpaired) electrons. The van der Waals surface area contributed by atoms with Crippen LogP contribution >= 0.6 is 11.6 Å². The third-order valence-corrected chi connectivity index (χ3v) is 2.58. The van der Waals surface area contributed by atoms with E-state index in [-0.39, 0.29) is 6.03 Å². The van der Waals surface area contributed by atoms with Crippen LogP contribution < -0.4 is 5.32 Å². The van der Waals surface area contributed by atoms with Crippen LogP contribution in [0.15, 0.2) is 0 Å². The number of halogens is 1. The third-order valence-electron chi connectivity index (χ3n) is 2.38. The first kappa shape index (κ1) is 12.3. The molecule has 15 heavy (non-hydrogen) atoms. The second kappa shape index (κ2) is 5.32. The molecule has 0 aromatic carbocycles. The molecule has 1 heterocycles. The zero-order valence-corrected chi connectivity index (χ0v) is 9.75. The number of rotatable bonds is 1. The largest absolute Gasteiger partial charge is 0.324 e. The summed E-state index contributed by atoms with van der Waals surface area (Å²) in [6.45, 7) is 4.49. The standard InChI is InChI=1S/C9H16ClN3O2/c1-7(10)8(14)11-9(15)13-5-3-12(2)4-6-13/h7H,3-6H2,1-2H3,(H,11,14,15). The Kier molecular flexibility index (Phi) is 4.35. The molecule has 0 spiro atoms. The van der Waals surface area contributed by atoms with Gasteiger partial charge >= 0.3 is 6.03 Å². The van der Waals surface area contributed by atoms with E-state index in [4.69, 9.17) is 11.6 Å². The van der Waals surface area contributed by atoms with E-state index in [1.54, 1.807) is 4.90 Å². The Labute approximate surface area is 94.3 Å². The van der Waals surface area contributed by atoms with Gasteiger partial charge in [0.1, 0.15) is 5.38 Å². The number of likely N-dealkylation sites (N-methyl/N-ethyl adjacent to an activating group) is 1. The number of piperazine rings is 1. The van der Waals surface area contributed by atoms with Gasteiger partial charge in [0.2, 0.25) is 5.91 Å². The molecule has 1 aliphatic rings. The van der Waals surface area contributed by atoms with Crippen molar-refractivity contribution in [3.8, 4) is 0 Å². The monoisotopic (exact) mass is 233 g/mol. The highest BCUT2D eigenvalue weighted by Crippen LogP contribution is 2.00. The lowest BCUT2D eigenvalue weighted by atomic mass is 10.3. The Morgan fingerprint density at radius 1 is 1.27 bits per heavy atom. The Balaban J connectivity index is 2.37. The quantitative estimate of drug-likeness (QED) is 0.654. The lowest BCUT2D eigenvalue weighted by molar-refractivity contribution is -0.119. The Bertz CT molecular complexity index is 250. The Morgan fingerprint density at radius 2 is 1.80 bits per heavy atom. The summed E-state index contributed by atoms with van der Waals surface area (Å²) in [4.78, 5) is 26.5. The molecule has 3 amide bonds. The molecular formula is C9H16ClN3O2. The molecule has 0 aliphatic carbocycles.